The Morgan fingerprint density at radius 1 is 1.00 bits per heavy atom. The van der Waals surface area contributed by atoms with E-state index in [1.165, 1.54) is 0 Å². The fourth-order valence-electron chi connectivity index (χ4n) is 3.05. The number of hydrogen-bond acceptors (Lipinski definition) is 4. The number of hydrogen-bond donors (Lipinski definition) is 1. The molecule has 0 aliphatic heterocycles. The van der Waals surface area contributed by atoms with Crippen LogP contribution in [0.2, 0.25) is 0 Å². The monoisotopic (exact) mass is 420 g/mol. The first-order valence-electron chi connectivity index (χ1n) is 9.55. The summed E-state index contributed by atoms with van der Waals surface area (Å²) in [5.41, 5.74) is 4.33. The zero-order chi connectivity index (χ0) is 21.3. The SMILES string of the molecule is COc1cccc(C(=CCSc2ccc(OCC(=O)O)c(C)c2)c2ccccc2)c1. The van der Waals surface area contributed by atoms with Crippen molar-refractivity contribution in [2.75, 3.05) is 19.5 Å². The number of ether oxygens (including phenoxy) is 2. The van der Waals surface area contributed by atoms with Crippen LogP contribution in [-0.2, 0) is 4.79 Å². The molecule has 154 valence electrons. The molecule has 4 nitrogen and oxygen atoms in total. The smallest absolute Gasteiger partial charge is 0.341 e. The maximum atomic E-state index is 10.7. The lowest BCUT2D eigenvalue weighted by atomic mass is 9.98. The summed E-state index contributed by atoms with van der Waals surface area (Å²) in [6.45, 7) is 1.58. The topological polar surface area (TPSA) is 55.8 Å². The largest absolute Gasteiger partial charge is 0.497 e. The van der Waals surface area contributed by atoms with Crippen molar-refractivity contribution in [3.63, 3.8) is 0 Å². The molecule has 5 heteroatoms. The lowest BCUT2D eigenvalue weighted by Gasteiger charge is -2.11. The minimum atomic E-state index is -0.982. The van der Waals surface area contributed by atoms with Crippen molar-refractivity contribution in [2.45, 2.75) is 11.8 Å². The highest BCUT2D eigenvalue weighted by molar-refractivity contribution is 7.99. The van der Waals surface area contributed by atoms with Crippen LogP contribution in [0.3, 0.4) is 0 Å². The fourth-order valence-corrected chi connectivity index (χ4v) is 3.91. The molecule has 0 radical (unpaired) electrons. The predicted octanol–water partition coefficient (Wildman–Crippen LogP) is 5.69. The van der Waals surface area contributed by atoms with Crippen LogP contribution in [0, 0.1) is 6.92 Å². The minimum absolute atomic E-state index is 0.336. The first-order valence-corrected chi connectivity index (χ1v) is 10.5. The highest BCUT2D eigenvalue weighted by atomic mass is 32.2. The number of aliphatic carboxylic acids is 1. The zero-order valence-electron chi connectivity index (χ0n) is 17.0. The van der Waals surface area contributed by atoms with Gasteiger partial charge in [-0.15, -0.1) is 11.8 Å². The van der Waals surface area contributed by atoms with Gasteiger partial charge in [0.15, 0.2) is 6.61 Å². The van der Waals surface area contributed by atoms with Crippen molar-refractivity contribution >= 4 is 23.3 Å². The third-order valence-corrected chi connectivity index (χ3v) is 5.42. The lowest BCUT2D eigenvalue weighted by molar-refractivity contribution is -0.139. The van der Waals surface area contributed by atoms with Gasteiger partial charge in [-0.3, -0.25) is 0 Å². The van der Waals surface area contributed by atoms with Gasteiger partial charge in [-0.1, -0.05) is 48.5 Å². The molecule has 3 aromatic carbocycles. The third-order valence-electron chi connectivity index (χ3n) is 4.50. The van der Waals surface area contributed by atoms with E-state index in [0.29, 0.717) is 5.75 Å². The molecule has 0 amide bonds. The number of carboxylic acid groups (broad SMARTS) is 1. The number of rotatable bonds is 9. The van der Waals surface area contributed by atoms with Gasteiger partial charge in [-0.2, -0.15) is 0 Å². The molecule has 1 N–H and O–H groups in total. The van der Waals surface area contributed by atoms with Crippen molar-refractivity contribution < 1.29 is 19.4 Å². The van der Waals surface area contributed by atoms with Gasteiger partial charge in [0.05, 0.1) is 7.11 Å². The van der Waals surface area contributed by atoms with E-state index in [0.717, 1.165) is 38.7 Å². The standard InChI is InChI=1S/C25H24O4S/c1-18-15-22(11-12-24(18)29-17-25(26)27)30-14-13-23(19-7-4-3-5-8-19)20-9-6-10-21(16-20)28-2/h3-13,15-16H,14,17H2,1-2H3,(H,26,27). The molecule has 0 saturated carbocycles. The molecule has 0 unspecified atom stereocenters. The molecular weight excluding hydrogens is 396 g/mol. The highest BCUT2D eigenvalue weighted by Crippen LogP contribution is 2.29. The second-order valence-electron chi connectivity index (χ2n) is 6.64. The Kier molecular flexibility index (Phi) is 7.57. The van der Waals surface area contributed by atoms with Crippen LogP contribution >= 0.6 is 11.8 Å². The molecule has 0 bridgehead atoms. The minimum Gasteiger partial charge on any atom is -0.497 e. The summed E-state index contributed by atoms with van der Waals surface area (Å²) in [4.78, 5) is 11.8. The van der Waals surface area contributed by atoms with Crippen molar-refractivity contribution in [2.24, 2.45) is 0 Å². The molecule has 30 heavy (non-hydrogen) atoms. The molecule has 0 atom stereocenters. The molecule has 0 aliphatic rings. The summed E-state index contributed by atoms with van der Waals surface area (Å²) < 4.78 is 10.7. The van der Waals surface area contributed by atoms with Crippen molar-refractivity contribution in [3.8, 4) is 11.5 Å². The van der Waals surface area contributed by atoms with Crippen LogP contribution in [0.15, 0.2) is 83.8 Å². The maximum Gasteiger partial charge on any atom is 0.341 e. The second kappa shape index (κ2) is 10.6. The van der Waals surface area contributed by atoms with Gasteiger partial charge in [-0.05, 0) is 59.5 Å². The number of carboxylic acids is 1. The van der Waals surface area contributed by atoms with E-state index in [9.17, 15) is 4.79 Å². The van der Waals surface area contributed by atoms with Gasteiger partial charge < -0.3 is 14.6 Å². The van der Waals surface area contributed by atoms with E-state index in [2.05, 4.69) is 24.3 Å². The summed E-state index contributed by atoms with van der Waals surface area (Å²) in [7, 11) is 1.67. The van der Waals surface area contributed by atoms with E-state index in [1.807, 2.05) is 61.5 Å². The molecular formula is C25H24O4S. The Morgan fingerprint density at radius 3 is 2.47 bits per heavy atom. The number of carbonyl (C=O) groups is 1. The van der Waals surface area contributed by atoms with E-state index in [4.69, 9.17) is 14.6 Å². The van der Waals surface area contributed by atoms with E-state index in [1.54, 1.807) is 18.9 Å². The Balaban J connectivity index is 1.78. The van der Waals surface area contributed by atoms with Crippen molar-refractivity contribution in [1.82, 2.24) is 0 Å². The Bertz CT molecular complexity index is 1030. The van der Waals surface area contributed by atoms with Gasteiger partial charge in [0.1, 0.15) is 11.5 Å². The normalized spacial score (nSPS) is 11.2. The van der Waals surface area contributed by atoms with Gasteiger partial charge in [0, 0.05) is 10.6 Å². The molecule has 0 fully saturated rings. The van der Waals surface area contributed by atoms with Crippen LogP contribution in [0.4, 0.5) is 0 Å². The second-order valence-corrected chi connectivity index (χ2v) is 7.73. The number of methoxy groups -OCH3 is 1. The first kappa shape index (κ1) is 21.5. The quantitative estimate of drug-likeness (QED) is 0.451. The van der Waals surface area contributed by atoms with E-state index < -0.39 is 5.97 Å². The predicted molar refractivity (Wildman–Crippen MR) is 122 cm³/mol. The number of thioether (sulfide) groups is 1. The Labute approximate surface area is 181 Å². The van der Waals surface area contributed by atoms with Crippen LogP contribution in [0.1, 0.15) is 16.7 Å². The van der Waals surface area contributed by atoms with E-state index >= 15 is 0 Å². The molecule has 3 aromatic rings. The van der Waals surface area contributed by atoms with E-state index in [-0.39, 0.29) is 6.61 Å². The van der Waals surface area contributed by atoms with Gasteiger partial charge in [0.2, 0.25) is 0 Å². The summed E-state index contributed by atoms with van der Waals surface area (Å²) in [6.07, 6.45) is 2.22. The summed E-state index contributed by atoms with van der Waals surface area (Å²) in [5.74, 6) is 1.23. The van der Waals surface area contributed by atoms with Crippen LogP contribution in [-0.4, -0.2) is 30.5 Å². The molecule has 0 saturated heterocycles. The van der Waals surface area contributed by atoms with Gasteiger partial charge >= 0.3 is 5.97 Å². The van der Waals surface area contributed by atoms with Crippen LogP contribution in [0.5, 0.6) is 11.5 Å². The Hall–Kier alpha value is -3.18. The zero-order valence-corrected chi connectivity index (χ0v) is 17.8. The summed E-state index contributed by atoms with van der Waals surface area (Å²) in [6, 6.07) is 24.2. The first-order chi connectivity index (χ1) is 14.6. The maximum absolute atomic E-state index is 10.7. The average Bonchev–Trinajstić information content (AvgIpc) is 2.76. The number of benzene rings is 3. The summed E-state index contributed by atoms with van der Waals surface area (Å²) >= 11 is 1.72. The lowest BCUT2D eigenvalue weighted by Crippen LogP contribution is -2.09. The molecule has 3 rings (SSSR count). The molecule has 0 spiro atoms. The molecule has 0 heterocycles. The third kappa shape index (κ3) is 5.91. The fraction of sp³-hybridized carbons (Fsp3) is 0.160. The summed E-state index contributed by atoms with van der Waals surface area (Å²) in [5, 5.41) is 8.77. The van der Waals surface area contributed by atoms with Gasteiger partial charge in [0.25, 0.3) is 0 Å². The molecule has 0 aliphatic carbocycles. The van der Waals surface area contributed by atoms with Crippen LogP contribution in [0.25, 0.3) is 5.57 Å². The Morgan fingerprint density at radius 2 is 1.77 bits per heavy atom. The molecule has 0 aromatic heterocycles. The van der Waals surface area contributed by atoms with Crippen LogP contribution < -0.4 is 9.47 Å². The van der Waals surface area contributed by atoms with Crippen molar-refractivity contribution in [3.05, 3.63) is 95.6 Å². The number of aryl methyl sites for hydroxylation is 1. The van der Waals surface area contributed by atoms with Gasteiger partial charge in [-0.25, -0.2) is 4.79 Å². The highest BCUT2D eigenvalue weighted by Gasteiger charge is 2.07. The van der Waals surface area contributed by atoms with Crippen molar-refractivity contribution in [1.29, 1.82) is 0 Å². The average molecular weight is 421 g/mol.